The molecular formula is C13H17N5OS. The molecule has 20 heavy (non-hydrogen) atoms. The fraction of sp³-hybridized carbons (Fsp3) is 0.308. The van der Waals surface area contributed by atoms with E-state index >= 15 is 0 Å². The normalized spacial score (nSPS) is 10.6. The van der Waals surface area contributed by atoms with Gasteiger partial charge < -0.3 is 11.1 Å². The van der Waals surface area contributed by atoms with Gasteiger partial charge in [0.15, 0.2) is 0 Å². The smallest absolute Gasteiger partial charge is 0.325 e. The first-order chi connectivity index (χ1) is 9.52. The lowest BCUT2D eigenvalue weighted by atomic mass is 10.1. The van der Waals surface area contributed by atoms with E-state index in [0.29, 0.717) is 22.4 Å². The van der Waals surface area contributed by atoms with E-state index in [1.54, 1.807) is 24.3 Å². The van der Waals surface area contributed by atoms with Crippen LogP contribution in [0.25, 0.3) is 0 Å². The third kappa shape index (κ3) is 4.20. The van der Waals surface area contributed by atoms with Gasteiger partial charge in [0, 0.05) is 17.8 Å². The predicted octanol–water partition coefficient (Wildman–Crippen LogP) is 2.96. The summed E-state index contributed by atoms with van der Waals surface area (Å²) >= 11 is 1.39. The molecule has 106 valence electrons. The molecule has 4 N–H and O–H groups in total. The number of benzene rings is 1. The van der Waals surface area contributed by atoms with Crippen LogP contribution in [0, 0.1) is 5.92 Å². The number of nitrogens with zero attached hydrogens (tertiary/aromatic N) is 2. The number of carbonyl (C=O) groups is 1. The highest BCUT2D eigenvalue weighted by Crippen LogP contribution is 2.18. The number of hydrogen-bond acceptors (Lipinski definition) is 5. The second-order valence-electron chi connectivity index (χ2n) is 4.80. The molecule has 0 bridgehead atoms. The van der Waals surface area contributed by atoms with E-state index in [-0.39, 0.29) is 6.03 Å². The zero-order chi connectivity index (χ0) is 14.5. The van der Waals surface area contributed by atoms with E-state index in [1.807, 2.05) is 0 Å². The minimum Gasteiger partial charge on any atom is -0.399 e. The number of aromatic nitrogens is 2. The SMILES string of the molecule is CC(C)Cc1nnc(NC(=O)Nc2ccc(N)cc2)s1. The van der Waals surface area contributed by atoms with Crippen molar-refractivity contribution in [2.75, 3.05) is 16.4 Å². The molecule has 2 rings (SSSR count). The van der Waals surface area contributed by atoms with Gasteiger partial charge in [0.25, 0.3) is 0 Å². The molecule has 0 fully saturated rings. The second kappa shape index (κ2) is 6.33. The molecule has 0 aliphatic carbocycles. The Morgan fingerprint density at radius 2 is 1.95 bits per heavy atom. The molecule has 1 aromatic carbocycles. The largest absolute Gasteiger partial charge is 0.399 e. The van der Waals surface area contributed by atoms with Crippen molar-refractivity contribution in [1.82, 2.24) is 10.2 Å². The highest BCUT2D eigenvalue weighted by Gasteiger charge is 2.09. The lowest BCUT2D eigenvalue weighted by molar-refractivity contribution is 0.262. The highest BCUT2D eigenvalue weighted by molar-refractivity contribution is 7.15. The average Bonchev–Trinajstić information content (AvgIpc) is 2.78. The Morgan fingerprint density at radius 1 is 1.25 bits per heavy atom. The minimum absolute atomic E-state index is 0.345. The molecule has 1 heterocycles. The second-order valence-corrected chi connectivity index (χ2v) is 5.86. The van der Waals surface area contributed by atoms with Gasteiger partial charge in [-0.15, -0.1) is 10.2 Å². The Balaban J connectivity index is 1.91. The summed E-state index contributed by atoms with van der Waals surface area (Å²) in [6.07, 6.45) is 0.860. The fourth-order valence-corrected chi connectivity index (χ4v) is 2.51. The van der Waals surface area contributed by atoms with E-state index in [4.69, 9.17) is 5.73 Å². The van der Waals surface area contributed by atoms with E-state index in [1.165, 1.54) is 11.3 Å². The Bertz CT molecular complexity index is 579. The van der Waals surface area contributed by atoms with Gasteiger partial charge in [0.1, 0.15) is 5.01 Å². The molecule has 0 aliphatic heterocycles. The number of rotatable bonds is 4. The van der Waals surface area contributed by atoms with Crippen molar-refractivity contribution in [2.24, 2.45) is 5.92 Å². The van der Waals surface area contributed by atoms with E-state index < -0.39 is 0 Å². The first-order valence-corrected chi connectivity index (χ1v) is 7.10. The third-order valence-electron chi connectivity index (χ3n) is 2.44. The molecule has 0 radical (unpaired) electrons. The number of urea groups is 1. The van der Waals surface area contributed by atoms with E-state index in [2.05, 4.69) is 34.7 Å². The molecule has 0 spiro atoms. The van der Waals surface area contributed by atoms with Gasteiger partial charge >= 0.3 is 6.03 Å². The molecule has 1 aromatic heterocycles. The molecule has 0 aliphatic rings. The van der Waals surface area contributed by atoms with Crippen LogP contribution in [0.5, 0.6) is 0 Å². The van der Waals surface area contributed by atoms with Crippen molar-refractivity contribution in [2.45, 2.75) is 20.3 Å². The Kier molecular flexibility index (Phi) is 4.52. The van der Waals surface area contributed by atoms with E-state index in [9.17, 15) is 4.79 Å². The average molecular weight is 291 g/mol. The van der Waals surface area contributed by atoms with Crippen LogP contribution in [-0.4, -0.2) is 16.2 Å². The number of carbonyl (C=O) groups excluding carboxylic acids is 1. The number of nitrogens with one attached hydrogen (secondary N) is 2. The van der Waals surface area contributed by atoms with Gasteiger partial charge in [0.2, 0.25) is 5.13 Å². The Labute approximate surface area is 121 Å². The summed E-state index contributed by atoms with van der Waals surface area (Å²) < 4.78 is 0. The van der Waals surface area contributed by atoms with Crippen molar-refractivity contribution in [3.05, 3.63) is 29.3 Å². The highest BCUT2D eigenvalue weighted by atomic mass is 32.1. The van der Waals surface area contributed by atoms with Crippen LogP contribution >= 0.6 is 11.3 Å². The van der Waals surface area contributed by atoms with Crippen LogP contribution in [0.1, 0.15) is 18.9 Å². The monoisotopic (exact) mass is 291 g/mol. The van der Waals surface area contributed by atoms with Crippen LogP contribution in [-0.2, 0) is 6.42 Å². The Morgan fingerprint density at radius 3 is 2.60 bits per heavy atom. The molecule has 2 aromatic rings. The lowest BCUT2D eigenvalue weighted by Gasteiger charge is -2.05. The maximum atomic E-state index is 11.8. The maximum absolute atomic E-state index is 11.8. The summed E-state index contributed by atoms with van der Waals surface area (Å²) in [6, 6.07) is 6.57. The first kappa shape index (κ1) is 14.3. The van der Waals surface area contributed by atoms with Crippen LogP contribution in [0.4, 0.5) is 21.3 Å². The molecular weight excluding hydrogens is 274 g/mol. The quantitative estimate of drug-likeness (QED) is 0.755. The predicted molar refractivity (Wildman–Crippen MR) is 81.9 cm³/mol. The van der Waals surface area contributed by atoms with Crippen molar-refractivity contribution in [3.63, 3.8) is 0 Å². The Hall–Kier alpha value is -2.15. The summed E-state index contributed by atoms with van der Waals surface area (Å²) in [7, 11) is 0. The summed E-state index contributed by atoms with van der Waals surface area (Å²) in [5, 5.41) is 14.8. The zero-order valence-electron chi connectivity index (χ0n) is 11.4. The summed E-state index contributed by atoms with van der Waals surface area (Å²) in [6.45, 7) is 4.23. The van der Waals surface area contributed by atoms with Gasteiger partial charge in [-0.25, -0.2) is 4.79 Å². The third-order valence-corrected chi connectivity index (χ3v) is 3.30. The standard InChI is InChI=1S/C13H17N5OS/c1-8(2)7-11-17-18-13(20-11)16-12(19)15-10-5-3-9(14)4-6-10/h3-6,8H,7,14H2,1-2H3,(H2,15,16,18,19). The minimum atomic E-state index is -0.345. The van der Waals surface area contributed by atoms with Gasteiger partial charge in [-0.1, -0.05) is 25.2 Å². The molecule has 0 saturated heterocycles. The number of hydrogen-bond donors (Lipinski definition) is 3. The van der Waals surface area contributed by atoms with Crippen molar-refractivity contribution in [1.29, 1.82) is 0 Å². The molecule has 6 nitrogen and oxygen atoms in total. The summed E-state index contributed by atoms with van der Waals surface area (Å²) in [4.78, 5) is 11.8. The van der Waals surface area contributed by atoms with E-state index in [0.717, 1.165) is 11.4 Å². The summed E-state index contributed by atoms with van der Waals surface area (Å²) in [5.41, 5.74) is 6.90. The van der Waals surface area contributed by atoms with Gasteiger partial charge in [-0.3, -0.25) is 5.32 Å². The van der Waals surface area contributed by atoms with Crippen molar-refractivity contribution >= 4 is 33.9 Å². The molecule has 0 atom stereocenters. The zero-order valence-corrected chi connectivity index (χ0v) is 12.2. The number of nitrogen functional groups attached to an aromatic ring is 1. The van der Waals surface area contributed by atoms with Crippen molar-refractivity contribution in [3.8, 4) is 0 Å². The van der Waals surface area contributed by atoms with Crippen LogP contribution in [0.15, 0.2) is 24.3 Å². The van der Waals surface area contributed by atoms with Crippen LogP contribution < -0.4 is 16.4 Å². The van der Waals surface area contributed by atoms with Crippen LogP contribution in [0.3, 0.4) is 0 Å². The van der Waals surface area contributed by atoms with Gasteiger partial charge in [0.05, 0.1) is 0 Å². The topological polar surface area (TPSA) is 92.9 Å². The summed E-state index contributed by atoms with van der Waals surface area (Å²) in [5.74, 6) is 0.513. The maximum Gasteiger partial charge on any atom is 0.325 e. The fourth-order valence-electron chi connectivity index (χ4n) is 1.56. The molecule has 7 heteroatoms. The lowest BCUT2D eigenvalue weighted by Crippen LogP contribution is -2.19. The van der Waals surface area contributed by atoms with Gasteiger partial charge in [-0.05, 0) is 30.2 Å². The molecule has 0 saturated carbocycles. The number of anilines is 3. The first-order valence-electron chi connectivity index (χ1n) is 6.29. The molecule has 2 amide bonds. The molecule has 0 unspecified atom stereocenters. The number of amides is 2. The van der Waals surface area contributed by atoms with Gasteiger partial charge in [-0.2, -0.15) is 0 Å². The van der Waals surface area contributed by atoms with Crippen LogP contribution in [0.2, 0.25) is 0 Å². The number of nitrogens with two attached hydrogens (primary N) is 1. The van der Waals surface area contributed by atoms with Crippen molar-refractivity contribution < 1.29 is 4.79 Å².